The van der Waals surface area contributed by atoms with E-state index in [1.165, 1.54) is 11.3 Å². The third-order valence-corrected chi connectivity index (χ3v) is 5.10. The number of carbonyl (C=O) groups is 2. The Balaban J connectivity index is 1.48. The highest BCUT2D eigenvalue weighted by Gasteiger charge is 2.20. The fourth-order valence-electron chi connectivity index (χ4n) is 2.80. The molecular formula is C17H20N2O3S. The molecule has 2 N–H and O–H groups in total. The van der Waals surface area contributed by atoms with E-state index >= 15 is 0 Å². The molecule has 0 aromatic carbocycles. The molecule has 5 nitrogen and oxygen atoms in total. The van der Waals surface area contributed by atoms with Crippen LogP contribution in [0.2, 0.25) is 0 Å². The van der Waals surface area contributed by atoms with Gasteiger partial charge in [-0.2, -0.15) is 0 Å². The van der Waals surface area contributed by atoms with E-state index in [9.17, 15) is 9.59 Å². The fourth-order valence-corrected chi connectivity index (χ4v) is 3.92. The summed E-state index contributed by atoms with van der Waals surface area (Å²) in [5, 5.41) is 1.89. The van der Waals surface area contributed by atoms with E-state index in [1.807, 2.05) is 24.4 Å². The molecule has 23 heavy (non-hydrogen) atoms. The van der Waals surface area contributed by atoms with E-state index in [-0.39, 0.29) is 18.2 Å². The minimum absolute atomic E-state index is 0.225. The smallest absolute Gasteiger partial charge is 0.270 e. The summed E-state index contributed by atoms with van der Waals surface area (Å²) in [6.07, 6.45) is 5.12. The van der Waals surface area contributed by atoms with Crippen LogP contribution in [0.3, 0.4) is 0 Å². The minimum Gasteiger partial charge on any atom is -0.466 e. The molecule has 122 valence electrons. The predicted octanol–water partition coefficient (Wildman–Crippen LogP) is 2.92. The van der Waals surface area contributed by atoms with Gasteiger partial charge in [0.1, 0.15) is 11.5 Å². The van der Waals surface area contributed by atoms with Crippen LogP contribution >= 0.6 is 11.3 Å². The van der Waals surface area contributed by atoms with Gasteiger partial charge in [0.2, 0.25) is 5.91 Å². The van der Waals surface area contributed by atoms with Crippen molar-refractivity contribution in [1.29, 1.82) is 0 Å². The van der Waals surface area contributed by atoms with Gasteiger partial charge in [0.05, 0.1) is 5.56 Å². The molecular weight excluding hydrogens is 312 g/mol. The lowest BCUT2D eigenvalue weighted by Crippen LogP contribution is -2.41. The Bertz CT molecular complexity index is 717. The first-order chi connectivity index (χ1) is 11.1. The van der Waals surface area contributed by atoms with E-state index in [0.717, 1.165) is 36.3 Å². The number of carbonyl (C=O) groups excluding carboxylic acids is 2. The molecule has 2 aromatic rings. The van der Waals surface area contributed by atoms with Crippen molar-refractivity contribution in [2.24, 2.45) is 0 Å². The van der Waals surface area contributed by atoms with E-state index in [1.54, 1.807) is 11.3 Å². The van der Waals surface area contributed by atoms with E-state index in [0.29, 0.717) is 12.0 Å². The molecule has 0 saturated carbocycles. The molecule has 0 spiro atoms. The van der Waals surface area contributed by atoms with Crippen molar-refractivity contribution in [3.63, 3.8) is 0 Å². The number of hydrogen-bond acceptors (Lipinski definition) is 4. The molecule has 0 bridgehead atoms. The number of aryl methyl sites for hydroxylation is 3. The van der Waals surface area contributed by atoms with Crippen molar-refractivity contribution >= 4 is 23.2 Å². The van der Waals surface area contributed by atoms with E-state index < -0.39 is 0 Å². The maximum atomic E-state index is 12.2. The summed E-state index contributed by atoms with van der Waals surface area (Å²) < 4.78 is 5.41. The van der Waals surface area contributed by atoms with Gasteiger partial charge in [-0.1, -0.05) is 0 Å². The Morgan fingerprint density at radius 3 is 2.83 bits per heavy atom. The molecule has 2 amide bonds. The first-order valence-electron chi connectivity index (χ1n) is 7.87. The Kier molecular flexibility index (Phi) is 4.81. The summed E-state index contributed by atoms with van der Waals surface area (Å²) in [4.78, 5) is 25.3. The van der Waals surface area contributed by atoms with Gasteiger partial charge in [-0.05, 0) is 50.3 Å². The Morgan fingerprint density at radius 2 is 2.04 bits per heavy atom. The minimum atomic E-state index is -0.230. The van der Waals surface area contributed by atoms with Crippen LogP contribution in [0.1, 0.15) is 51.6 Å². The number of fused-ring (bicyclic) bond motifs is 1. The van der Waals surface area contributed by atoms with Gasteiger partial charge >= 0.3 is 0 Å². The first-order valence-corrected chi connectivity index (χ1v) is 8.75. The normalized spacial score (nSPS) is 13.4. The van der Waals surface area contributed by atoms with E-state index in [4.69, 9.17) is 4.42 Å². The molecule has 1 aliphatic carbocycles. The second-order valence-corrected chi connectivity index (χ2v) is 6.74. The summed E-state index contributed by atoms with van der Waals surface area (Å²) in [7, 11) is 0. The van der Waals surface area contributed by atoms with Crippen LogP contribution in [-0.2, 0) is 24.1 Å². The van der Waals surface area contributed by atoms with Crippen LogP contribution in [0, 0.1) is 6.92 Å². The maximum Gasteiger partial charge on any atom is 0.270 e. The molecule has 0 radical (unpaired) electrons. The molecule has 0 aliphatic heterocycles. The van der Waals surface area contributed by atoms with Gasteiger partial charge in [0.15, 0.2) is 0 Å². The lowest BCUT2D eigenvalue weighted by atomic mass is 9.96. The van der Waals surface area contributed by atoms with Crippen molar-refractivity contribution in [2.75, 3.05) is 0 Å². The number of rotatable bonds is 4. The Hall–Kier alpha value is -2.08. The molecule has 0 atom stereocenters. The Morgan fingerprint density at radius 1 is 1.22 bits per heavy atom. The molecule has 0 fully saturated rings. The predicted molar refractivity (Wildman–Crippen MR) is 88.3 cm³/mol. The summed E-state index contributed by atoms with van der Waals surface area (Å²) in [6.45, 7) is 1.87. The standard InChI is InChI=1S/C17H20N2O3S/c1-11-6-7-12(22-11)8-9-16(20)18-19-17(21)14-10-23-15-5-3-2-4-13(14)15/h6-7,10H,2-5,8-9H2,1H3,(H,18,20)(H,19,21). The number of amides is 2. The number of hydrazine groups is 1. The average Bonchev–Trinajstić information content (AvgIpc) is 3.16. The monoisotopic (exact) mass is 332 g/mol. The highest BCUT2D eigenvalue weighted by molar-refractivity contribution is 7.10. The molecule has 1 aliphatic rings. The lowest BCUT2D eigenvalue weighted by molar-refractivity contribution is -0.121. The molecule has 0 saturated heterocycles. The van der Waals surface area contributed by atoms with Gasteiger partial charge in [0.25, 0.3) is 5.91 Å². The third kappa shape index (κ3) is 3.82. The van der Waals surface area contributed by atoms with Crippen molar-refractivity contribution in [1.82, 2.24) is 10.9 Å². The van der Waals surface area contributed by atoms with Crippen LogP contribution in [0.25, 0.3) is 0 Å². The lowest BCUT2D eigenvalue weighted by Gasteiger charge is -2.13. The van der Waals surface area contributed by atoms with Crippen LogP contribution in [-0.4, -0.2) is 11.8 Å². The average molecular weight is 332 g/mol. The summed E-state index contributed by atoms with van der Waals surface area (Å²) in [5.41, 5.74) is 6.85. The van der Waals surface area contributed by atoms with Crippen molar-refractivity contribution in [2.45, 2.75) is 45.4 Å². The number of hydrogen-bond donors (Lipinski definition) is 2. The largest absolute Gasteiger partial charge is 0.466 e. The summed E-state index contributed by atoms with van der Waals surface area (Å²) in [5.74, 6) is 1.15. The van der Waals surface area contributed by atoms with Gasteiger partial charge in [-0.3, -0.25) is 20.4 Å². The summed E-state index contributed by atoms with van der Waals surface area (Å²) in [6, 6.07) is 3.73. The molecule has 6 heteroatoms. The van der Waals surface area contributed by atoms with Gasteiger partial charge in [-0.15, -0.1) is 11.3 Å². The van der Waals surface area contributed by atoms with Crippen LogP contribution in [0.5, 0.6) is 0 Å². The molecule has 3 rings (SSSR count). The van der Waals surface area contributed by atoms with E-state index in [2.05, 4.69) is 10.9 Å². The SMILES string of the molecule is Cc1ccc(CCC(=O)NNC(=O)c2csc3c2CCCC3)o1. The van der Waals surface area contributed by atoms with Crippen molar-refractivity contribution < 1.29 is 14.0 Å². The number of furan rings is 1. The first kappa shape index (κ1) is 15.8. The highest BCUT2D eigenvalue weighted by Crippen LogP contribution is 2.29. The zero-order valence-corrected chi connectivity index (χ0v) is 13.9. The summed E-state index contributed by atoms with van der Waals surface area (Å²) >= 11 is 1.64. The highest BCUT2D eigenvalue weighted by atomic mass is 32.1. The van der Waals surface area contributed by atoms with Crippen molar-refractivity contribution in [3.05, 3.63) is 45.0 Å². The molecule has 2 aromatic heterocycles. The second kappa shape index (κ2) is 7.00. The van der Waals surface area contributed by atoms with Gasteiger partial charge in [0, 0.05) is 23.1 Å². The van der Waals surface area contributed by atoms with Crippen LogP contribution < -0.4 is 10.9 Å². The molecule has 0 unspecified atom stereocenters. The maximum absolute atomic E-state index is 12.2. The quantitative estimate of drug-likeness (QED) is 0.846. The van der Waals surface area contributed by atoms with Gasteiger partial charge < -0.3 is 4.42 Å². The topological polar surface area (TPSA) is 71.3 Å². The fraction of sp³-hybridized carbons (Fsp3) is 0.412. The molecule has 2 heterocycles. The zero-order chi connectivity index (χ0) is 16.2. The second-order valence-electron chi connectivity index (χ2n) is 5.77. The number of thiophene rings is 1. The van der Waals surface area contributed by atoms with Crippen molar-refractivity contribution in [3.8, 4) is 0 Å². The number of nitrogens with one attached hydrogen (secondary N) is 2. The van der Waals surface area contributed by atoms with Gasteiger partial charge in [-0.25, -0.2) is 0 Å². The van der Waals surface area contributed by atoms with Crippen LogP contribution in [0.4, 0.5) is 0 Å². The Labute approximate surface area is 139 Å². The van der Waals surface area contributed by atoms with Crippen LogP contribution in [0.15, 0.2) is 21.9 Å². The zero-order valence-electron chi connectivity index (χ0n) is 13.1. The third-order valence-electron chi connectivity index (χ3n) is 4.02.